The van der Waals surface area contributed by atoms with Crippen molar-refractivity contribution in [1.82, 2.24) is 0 Å². The number of esters is 3. The minimum Gasteiger partial charge on any atom is -0.462 e. The molecule has 0 aromatic rings. The quantitative estimate of drug-likeness (QED) is 0.0261. The predicted molar refractivity (Wildman–Crippen MR) is 349 cm³/mol. The smallest absolute Gasteiger partial charge is 0.306 e. The van der Waals surface area contributed by atoms with Gasteiger partial charge in [-0.3, -0.25) is 14.4 Å². The van der Waals surface area contributed by atoms with Crippen LogP contribution < -0.4 is 0 Å². The Bertz CT molecular complexity index is 1380. The molecule has 0 aliphatic heterocycles. The van der Waals surface area contributed by atoms with Crippen molar-refractivity contribution in [3.05, 3.63) is 48.6 Å². The Morgan fingerprint density at radius 2 is 0.487 bits per heavy atom. The fourth-order valence-electron chi connectivity index (χ4n) is 10.8. The van der Waals surface area contributed by atoms with Crippen molar-refractivity contribution in [2.24, 2.45) is 0 Å². The van der Waals surface area contributed by atoms with Crippen molar-refractivity contribution in [3.8, 4) is 0 Å². The van der Waals surface area contributed by atoms with Crippen LogP contribution in [0.1, 0.15) is 387 Å². The maximum atomic E-state index is 12.8. The molecule has 0 saturated heterocycles. The molecule has 0 heterocycles. The summed E-state index contributed by atoms with van der Waals surface area (Å²) in [6.45, 7) is 6.51. The fourth-order valence-corrected chi connectivity index (χ4v) is 10.8. The van der Waals surface area contributed by atoms with Crippen LogP contribution in [-0.4, -0.2) is 37.2 Å². The van der Waals surface area contributed by atoms with E-state index in [9.17, 15) is 14.4 Å². The van der Waals surface area contributed by atoms with Gasteiger partial charge in [0.05, 0.1) is 0 Å². The van der Waals surface area contributed by atoms with Crippen molar-refractivity contribution in [2.75, 3.05) is 13.2 Å². The van der Waals surface area contributed by atoms with Gasteiger partial charge in [0.1, 0.15) is 13.2 Å². The SMILES string of the molecule is CC/C=C\C/C=C\C/C=C\C/C=C\CCCCCCCCCCCCCCCCCCCCCCCCC(=O)OCC(COC(=O)CCCCCCC)OC(=O)CCCCCCCCCCCCCCCCCCCCCCCC. The third-order valence-electron chi connectivity index (χ3n) is 16.1. The molecule has 6 nitrogen and oxygen atoms in total. The van der Waals surface area contributed by atoms with E-state index in [0.717, 1.165) is 89.9 Å². The normalized spacial score (nSPS) is 12.3. The summed E-state index contributed by atoms with van der Waals surface area (Å²) in [5.41, 5.74) is 0. The average molecular weight is 1120 g/mol. The van der Waals surface area contributed by atoms with Crippen LogP contribution >= 0.6 is 0 Å². The van der Waals surface area contributed by atoms with E-state index in [-0.39, 0.29) is 31.1 Å². The van der Waals surface area contributed by atoms with Crippen molar-refractivity contribution in [1.29, 1.82) is 0 Å². The Labute approximate surface area is 498 Å². The topological polar surface area (TPSA) is 78.9 Å². The molecule has 0 bridgehead atoms. The van der Waals surface area contributed by atoms with Crippen LogP contribution in [0.25, 0.3) is 0 Å². The van der Waals surface area contributed by atoms with Crippen LogP contribution in [0.5, 0.6) is 0 Å². The Balaban J connectivity index is 3.87. The maximum Gasteiger partial charge on any atom is 0.306 e. The van der Waals surface area contributed by atoms with Gasteiger partial charge in [0.2, 0.25) is 0 Å². The van der Waals surface area contributed by atoms with Crippen molar-refractivity contribution >= 4 is 17.9 Å². The summed E-state index contributed by atoms with van der Waals surface area (Å²) in [6.07, 6.45) is 87.8. The summed E-state index contributed by atoms with van der Waals surface area (Å²) in [5.74, 6) is -0.852. The minimum absolute atomic E-state index is 0.0659. The van der Waals surface area contributed by atoms with Gasteiger partial charge < -0.3 is 14.2 Å². The lowest BCUT2D eigenvalue weighted by atomic mass is 10.0. The van der Waals surface area contributed by atoms with E-state index in [4.69, 9.17) is 14.2 Å². The number of ether oxygens (including phenoxy) is 3. The fraction of sp³-hybridized carbons (Fsp3) is 0.851. The monoisotopic (exact) mass is 1120 g/mol. The Hall–Kier alpha value is -2.63. The van der Waals surface area contributed by atoms with Gasteiger partial charge in [-0.2, -0.15) is 0 Å². The highest BCUT2D eigenvalue weighted by atomic mass is 16.6. The van der Waals surface area contributed by atoms with E-state index in [0.29, 0.717) is 19.3 Å². The zero-order chi connectivity index (χ0) is 57.8. The first-order chi connectivity index (χ1) is 39.5. The molecule has 0 fully saturated rings. The van der Waals surface area contributed by atoms with E-state index in [1.54, 1.807) is 0 Å². The molecule has 0 rings (SSSR count). The number of hydrogen-bond acceptors (Lipinski definition) is 6. The van der Waals surface area contributed by atoms with Crippen LogP contribution in [0, 0.1) is 0 Å². The van der Waals surface area contributed by atoms with Crippen molar-refractivity contribution in [2.45, 2.75) is 393 Å². The third kappa shape index (κ3) is 66.2. The second kappa shape index (κ2) is 68.9. The zero-order valence-electron chi connectivity index (χ0n) is 53.9. The molecule has 6 heteroatoms. The molecule has 1 unspecified atom stereocenters. The van der Waals surface area contributed by atoms with Gasteiger partial charge in [0.25, 0.3) is 0 Å². The zero-order valence-corrected chi connectivity index (χ0v) is 53.9. The molecular formula is C74H136O6. The number of carbonyl (C=O) groups is 3. The highest BCUT2D eigenvalue weighted by Gasteiger charge is 2.19. The second-order valence-corrected chi connectivity index (χ2v) is 24.1. The molecule has 0 aliphatic rings. The molecule has 0 N–H and O–H groups in total. The molecule has 0 radical (unpaired) electrons. The summed E-state index contributed by atoms with van der Waals surface area (Å²) in [5, 5.41) is 0. The number of rotatable bonds is 66. The molecule has 0 aliphatic carbocycles. The number of carbonyl (C=O) groups excluding carboxylic acids is 3. The standard InChI is InChI=1S/C74H136O6/c1-4-7-10-13-15-17-19-21-23-25-27-29-31-32-33-34-35-36-37-38-39-40-41-42-43-45-46-48-50-52-54-56-58-61-64-67-73(76)79-70-71(69-78-72(75)66-63-60-12-9-6-3)80-74(77)68-65-62-59-57-55-53-51-49-47-44-30-28-26-24-22-20-18-16-14-11-8-5-2/h7,10,15,17,21,23,27,29,71H,4-6,8-9,11-14,16,18-20,22,24-26,28,30-70H2,1-3H3/b10-7-,17-15-,23-21-,29-27-. The van der Waals surface area contributed by atoms with Crippen LogP contribution in [-0.2, 0) is 28.6 Å². The summed E-state index contributed by atoms with van der Waals surface area (Å²) < 4.78 is 16.8. The van der Waals surface area contributed by atoms with E-state index in [2.05, 4.69) is 69.4 Å². The number of hydrogen-bond donors (Lipinski definition) is 0. The van der Waals surface area contributed by atoms with Gasteiger partial charge in [-0.15, -0.1) is 0 Å². The highest BCUT2D eigenvalue weighted by Crippen LogP contribution is 2.19. The van der Waals surface area contributed by atoms with Gasteiger partial charge in [0.15, 0.2) is 6.10 Å². The van der Waals surface area contributed by atoms with Gasteiger partial charge >= 0.3 is 17.9 Å². The molecule has 80 heavy (non-hydrogen) atoms. The van der Waals surface area contributed by atoms with Crippen LogP contribution in [0.2, 0.25) is 0 Å². The Morgan fingerprint density at radius 3 is 0.762 bits per heavy atom. The second-order valence-electron chi connectivity index (χ2n) is 24.1. The molecule has 0 aromatic carbocycles. The summed E-state index contributed by atoms with van der Waals surface area (Å²) in [4.78, 5) is 38.0. The number of unbranched alkanes of at least 4 members (excludes halogenated alkanes) is 47. The summed E-state index contributed by atoms with van der Waals surface area (Å²) >= 11 is 0. The lowest BCUT2D eigenvalue weighted by Gasteiger charge is -2.18. The van der Waals surface area contributed by atoms with Gasteiger partial charge in [-0.25, -0.2) is 0 Å². The van der Waals surface area contributed by atoms with Crippen molar-refractivity contribution in [3.63, 3.8) is 0 Å². The summed E-state index contributed by atoms with van der Waals surface area (Å²) in [6, 6.07) is 0. The van der Waals surface area contributed by atoms with Crippen LogP contribution in [0.3, 0.4) is 0 Å². The van der Waals surface area contributed by atoms with Gasteiger partial charge in [-0.1, -0.05) is 358 Å². The van der Waals surface area contributed by atoms with Crippen LogP contribution in [0.4, 0.5) is 0 Å². The Morgan fingerprint density at radius 1 is 0.263 bits per heavy atom. The third-order valence-corrected chi connectivity index (χ3v) is 16.1. The molecular weight excluding hydrogens is 985 g/mol. The van der Waals surface area contributed by atoms with E-state index in [1.807, 2.05) is 0 Å². The highest BCUT2D eigenvalue weighted by molar-refractivity contribution is 5.71. The van der Waals surface area contributed by atoms with Crippen LogP contribution in [0.15, 0.2) is 48.6 Å². The summed E-state index contributed by atoms with van der Waals surface area (Å²) in [7, 11) is 0. The average Bonchev–Trinajstić information content (AvgIpc) is 3.46. The van der Waals surface area contributed by atoms with E-state index < -0.39 is 6.10 Å². The molecule has 0 saturated carbocycles. The van der Waals surface area contributed by atoms with E-state index >= 15 is 0 Å². The first kappa shape index (κ1) is 77.4. The molecule has 1 atom stereocenters. The van der Waals surface area contributed by atoms with E-state index in [1.165, 1.54) is 257 Å². The molecule has 0 amide bonds. The first-order valence-corrected chi connectivity index (χ1v) is 35.6. The van der Waals surface area contributed by atoms with Gasteiger partial charge in [0, 0.05) is 19.3 Å². The van der Waals surface area contributed by atoms with Crippen molar-refractivity contribution < 1.29 is 28.6 Å². The number of allylic oxidation sites excluding steroid dienone is 8. The Kier molecular flexibility index (Phi) is 66.6. The maximum absolute atomic E-state index is 12.8. The van der Waals surface area contributed by atoms with Gasteiger partial charge in [-0.05, 0) is 57.8 Å². The molecule has 0 aromatic heterocycles. The first-order valence-electron chi connectivity index (χ1n) is 35.6. The predicted octanol–water partition coefficient (Wildman–Crippen LogP) is 24.5. The minimum atomic E-state index is -0.765. The lowest BCUT2D eigenvalue weighted by Crippen LogP contribution is -2.30. The largest absolute Gasteiger partial charge is 0.462 e. The lowest BCUT2D eigenvalue weighted by molar-refractivity contribution is -0.167. The molecule has 0 spiro atoms. The molecule has 468 valence electrons.